The fourth-order valence-corrected chi connectivity index (χ4v) is 2.98. The van der Waals surface area contributed by atoms with Crippen LogP contribution in [0.2, 0.25) is 0 Å². The first-order valence-electron chi connectivity index (χ1n) is 11.4. The third-order valence-electron chi connectivity index (χ3n) is 4.59. The topological polar surface area (TPSA) is 73.8 Å². The van der Waals surface area contributed by atoms with E-state index in [2.05, 4.69) is 0 Å². The summed E-state index contributed by atoms with van der Waals surface area (Å²) in [4.78, 5) is 0. The van der Waals surface area contributed by atoms with E-state index in [0.717, 1.165) is 6.42 Å². The molecule has 182 valence electrons. The molecule has 2 aromatic carbocycles. The first-order chi connectivity index (χ1) is 16.4. The Hall–Kier alpha value is -2.52. The highest BCUT2D eigenvalue weighted by molar-refractivity contribution is 5.40. The van der Waals surface area contributed by atoms with Crippen molar-refractivity contribution in [1.29, 1.82) is 0 Å². The fourth-order valence-electron chi connectivity index (χ4n) is 2.98. The van der Waals surface area contributed by atoms with Gasteiger partial charge in [-0.2, -0.15) is 0 Å². The van der Waals surface area contributed by atoms with Gasteiger partial charge in [0.15, 0.2) is 23.0 Å². The van der Waals surface area contributed by atoms with E-state index >= 15 is 0 Å². The Bertz CT molecular complexity index is 706. The lowest BCUT2D eigenvalue weighted by Crippen LogP contribution is -2.14. The summed E-state index contributed by atoms with van der Waals surface area (Å²) in [6, 6.07) is 15.2. The van der Waals surface area contributed by atoms with Crippen LogP contribution < -0.4 is 18.9 Å². The standard InChI is InChI=1S/C25H34O8/c1-3-8-24-22(6-1)30-10-5-11-31-23-7-2-4-9-25(23)33-21-19-29-17-15-27-13-12-26-14-16-28-18-20-32-24/h1-4,6-9H,5,10-21H2. The van der Waals surface area contributed by atoms with Crippen LogP contribution in [0.1, 0.15) is 6.42 Å². The number of rotatable bonds is 0. The van der Waals surface area contributed by atoms with E-state index in [0.29, 0.717) is 102 Å². The molecule has 3 rings (SSSR count). The minimum absolute atomic E-state index is 0.434. The average molecular weight is 463 g/mol. The molecule has 0 bridgehead atoms. The molecule has 2 aromatic rings. The molecule has 0 fully saturated rings. The second-order valence-electron chi connectivity index (χ2n) is 7.09. The fraction of sp³-hybridized carbons (Fsp3) is 0.520. The Morgan fingerprint density at radius 2 is 0.606 bits per heavy atom. The Balaban J connectivity index is 1.48. The van der Waals surface area contributed by atoms with Gasteiger partial charge in [0.05, 0.1) is 66.1 Å². The molecule has 0 saturated heterocycles. The van der Waals surface area contributed by atoms with Crippen molar-refractivity contribution >= 4 is 0 Å². The van der Waals surface area contributed by atoms with E-state index in [1.165, 1.54) is 0 Å². The third-order valence-corrected chi connectivity index (χ3v) is 4.59. The van der Waals surface area contributed by atoms with Crippen LogP contribution in [-0.4, -0.2) is 79.3 Å². The normalized spacial score (nSPS) is 18.4. The molecule has 1 aliphatic heterocycles. The van der Waals surface area contributed by atoms with Gasteiger partial charge in [-0.3, -0.25) is 0 Å². The summed E-state index contributed by atoms with van der Waals surface area (Å²) in [6.07, 6.45) is 0.717. The molecule has 0 aliphatic carbocycles. The van der Waals surface area contributed by atoms with Crippen molar-refractivity contribution in [3.05, 3.63) is 48.5 Å². The Morgan fingerprint density at radius 1 is 0.333 bits per heavy atom. The van der Waals surface area contributed by atoms with Gasteiger partial charge in [0.1, 0.15) is 13.2 Å². The van der Waals surface area contributed by atoms with E-state index in [1.54, 1.807) is 0 Å². The van der Waals surface area contributed by atoms with Crippen LogP contribution >= 0.6 is 0 Å². The SMILES string of the molecule is c1ccc2c(c1)OCCCOc1ccccc1OCCOCCOCCOCCOCCO2. The number of ether oxygens (including phenoxy) is 8. The van der Waals surface area contributed by atoms with Crippen LogP contribution in [0, 0.1) is 0 Å². The van der Waals surface area contributed by atoms with Crippen LogP contribution in [0.5, 0.6) is 23.0 Å². The third kappa shape index (κ3) is 10.3. The molecule has 33 heavy (non-hydrogen) atoms. The summed E-state index contributed by atoms with van der Waals surface area (Å²) in [6.45, 7) is 5.91. The Morgan fingerprint density at radius 3 is 0.939 bits per heavy atom. The lowest BCUT2D eigenvalue weighted by Gasteiger charge is -2.14. The van der Waals surface area contributed by atoms with E-state index < -0.39 is 0 Å². The smallest absolute Gasteiger partial charge is 0.161 e. The number of fused-ring (bicyclic) bond motifs is 2. The molecule has 0 aromatic heterocycles. The van der Waals surface area contributed by atoms with Gasteiger partial charge in [-0.05, 0) is 24.3 Å². The van der Waals surface area contributed by atoms with Crippen LogP contribution in [-0.2, 0) is 18.9 Å². The molecule has 0 atom stereocenters. The molecule has 8 nitrogen and oxygen atoms in total. The number of benzene rings is 2. The predicted molar refractivity (Wildman–Crippen MR) is 123 cm³/mol. The Labute approximate surface area is 195 Å². The summed E-state index contributed by atoms with van der Waals surface area (Å²) in [7, 11) is 0. The second kappa shape index (κ2) is 16.1. The summed E-state index contributed by atoms with van der Waals surface area (Å²) in [5.74, 6) is 2.80. The maximum absolute atomic E-state index is 5.90. The van der Waals surface area contributed by atoms with Crippen molar-refractivity contribution in [2.45, 2.75) is 6.42 Å². The van der Waals surface area contributed by atoms with Gasteiger partial charge in [0, 0.05) is 6.42 Å². The van der Waals surface area contributed by atoms with Crippen molar-refractivity contribution in [3.8, 4) is 23.0 Å². The Kier molecular flexibility index (Phi) is 12.3. The zero-order chi connectivity index (χ0) is 22.8. The molecular weight excluding hydrogens is 428 g/mol. The summed E-state index contributed by atoms with van der Waals surface area (Å²) < 4.78 is 45.5. The van der Waals surface area contributed by atoms with Gasteiger partial charge >= 0.3 is 0 Å². The van der Waals surface area contributed by atoms with Gasteiger partial charge in [-0.25, -0.2) is 0 Å². The highest BCUT2D eigenvalue weighted by Crippen LogP contribution is 2.28. The van der Waals surface area contributed by atoms with Gasteiger partial charge in [-0.15, -0.1) is 0 Å². The maximum atomic E-state index is 5.90. The molecule has 0 spiro atoms. The van der Waals surface area contributed by atoms with Gasteiger partial charge in [0.25, 0.3) is 0 Å². The summed E-state index contributed by atoms with van der Waals surface area (Å²) in [5, 5.41) is 0. The monoisotopic (exact) mass is 462 g/mol. The lowest BCUT2D eigenvalue weighted by molar-refractivity contribution is -0.00709. The van der Waals surface area contributed by atoms with Crippen molar-refractivity contribution in [2.24, 2.45) is 0 Å². The molecule has 8 heteroatoms. The molecule has 0 N–H and O–H groups in total. The second-order valence-corrected chi connectivity index (χ2v) is 7.09. The van der Waals surface area contributed by atoms with E-state index in [-0.39, 0.29) is 0 Å². The zero-order valence-electron chi connectivity index (χ0n) is 19.1. The largest absolute Gasteiger partial charge is 0.490 e. The van der Waals surface area contributed by atoms with Crippen molar-refractivity contribution in [3.63, 3.8) is 0 Å². The van der Waals surface area contributed by atoms with E-state index in [4.69, 9.17) is 37.9 Å². The van der Waals surface area contributed by atoms with Crippen molar-refractivity contribution in [1.82, 2.24) is 0 Å². The minimum atomic E-state index is 0.434. The summed E-state index contributed by atoms with van der Waals surface area (Å²) >= 11 is 0. The highest BCUT2D eigenvalue weighted by Gasteiger charge is 2.07. The van der Waals surface area contributed by atoms with Crippen LogP contribution in [0.3, 0.4) is 0 Å². The van der Waals surface area contributed by atoms with Gasteiger partial charge < -0.3 is 37.9 Å². The molecule has 1 heterocycles. The maximum Gasteiger partial charge on any atom is 0.161 e. The number of hydrogen-bond donors (Lipinski definition) is 0. The summed E-state index contributed by atoms with van der Waals surface area (Å²) in [5.41, 5.74) is 0. The molecule has 1 aliphatic rings. The van der Waals surface area contributed by atoms with Crippen LogP contribution in [0.4, 0.5) is 0 Å². The van der Waals surface area contributed by atoms with Crippen molar-refractivity contribution in [2.75, 3.05) is 79.3 Å². The van der Waals surface area contributed by atoms with Gasteiger partial charge in [0.2, 0.25) is 0 Å². The number of para-hydroxylation sites is 4. The first-order valence-corrected chi connectivity index (χ1v) is 11.4. The van der Waals surface area contributed by atoms with Crippen molar-refractivity contribution < 1.29 is 37.9 Å². The van der Waals surface area contributed by atoms with Crippen LogP contribution in [0.15, 0.2) is 48.5 Å². The lowest BCUT2D eigenvalue weighted by atomic mass is 10.3. The molecule has 0 unspecified atom stereocenters. The molecule has 0 radical (unpaired) electrons. The minimum Gasteiger partial charge on any atom is -0.490 e. The zero-order valence-corrected chi connectivity index (χ0v) is 19.1. The van der Waals surface area contributed by atoms with E-state index in [9.17, 15) is 0 Å². The highest BCUT2D eigenvalue weighted by atomic mass is 16.6. The quantitative estimate of drug-likeness (QED) is 0.590. The van der Waals surface area contributed by atoms with Gasteiger partial charge in [-0.1, -0.05) is 24.3 Å². The average Bonchev–Trinajstić information content (AvgIpc) is 2.84. The molecule has 0 saturated carbocycles. The number of hydrogen-bond acceptors (Lipinski definition) is 8. The molecular formula is C25H34O8. The van der Waals surface area contributed by atoms with Crippen LogP contribution in [0.25, 0.3) is 0 Å². The first kappa shape index (κ1) is 25.1. The van der Waals surface area contributed by atoms with E-state index in [1.807, 2.05) is 48.5 Å². The molecule has 0 amide bonds. The predicted octanol–water partition coefficient (Wildman–Crippen LogP) is 3.37.